The third kappa shape index (κ3) is 3.77. The van der Waals surface area contributed by atoms with Crippen molar-refractivity contribution in [3.05, 3.63) is 24.3 Å². The summed E-state index contributed by atoms with van der Waals surface area (Å²) in [4.78, 5) is 0. The van der Waals surface area contributed by atoms with E-state index in [1.165, 1.54) is 24.3 Å². The van der Waals surface area contributed by atoms with Crippen molar-refractivity contribution in [2.75, 3.05) is 11.2 Å². The standard InChI is InChI=1S/C7H9NO4S/c9-7-3-1-6(2-4-7)8-5-13(10,11)12/h1-4,8-9H,5H2,(H,10,11,12). The minimum atomic E-state index is -4.01. The van der Waals surface area contributed by atoms with Crippen LogP contribution in [-0.2, 0) is 10.1 Å². The van der Waals surface area contributed by atoms with Crippen LogP contribution in [0.1, 0.15) is 0 Å². The summed E-state index contributed by atoms with van der Waals surface area (Å²) in [7, 11) is -4.01. The molecule has 0 aliphatic rings. The summed E-state index contributed by atoms with van der Waals surface area (Å²) < 4.78 is 29.0. The van der Waals surface area contributed by atoms with Crippen LogP contribution in [0.15, 0.2) is 24.3 Å². The summed E-state index contributed by atoms with van der Waals surface area (Å²) in [5.41, 5.74) is 0.510. The summed E-state index contributed by atoms with van der Waals surface area (Å²) in [6.07, 6.45) is 0. The molecule has 0 radical (unpaired) electrons. The summed E-state index contributed by atoms with van der Waals surface area (Å²) in [6.45, 7) is 0. The largest absolute Gasteiger partial charge is 0.508 e. The first-order valence-corrected chi connectivity index (χ1v) is 5.06. The highest BCUT2D eigenvalue weighted by Crippen LogP contribution is 2.13. The lowest BCUT2D eigenvalue weighted by atomic mass is 10.3. The predicted molar refractivity (Wildman–Crippen MR) is 48.1 cm³/mol. The van der Waals surface area contributed by atoms with Gasteiger partial charge in [0.25, 0.3) is 10.1 Å². The van der Waals surface area contributed by atoms with Crippen LogP contribution in [0.4, 0.5) is 5.69 Å². The molecule has 0 bridgehead atoms. The molecule has 0 saturated heterocycles. The highest BCUT2D eigenvalue weighted by Gasteiger charge is 2.02. The lowest BCUT2D eigenvalue weighted by Gasteiger charge is -2.03. The Morgan fingerprint density at radius 1 is 1.23 bits per heavy atom. The van der Waals surface area contributed by atoms with Crippen LogP contribution in [0.2, 0.25) is 0 Å². The second kappa shape index (κ2) is 3.63. The van der Waals surface area contributed by atoms with E-state index >= 15 is 0 Å². The minimum Gasteiger partial charge on any atom is -0.508 e. The number of hydrogen-bond donors (Lipinski definition) is 3. The smallest absolute Gasteiger partial charge is 0.283 e. The quantitative estimate of drug-likeness (QED) is 0.496. The molecule has 5 nitrogen and oxygen atoms in total. The third-order valence-corrected chi connectivity index (χ3v) is 1.84. The van der Waals surface area contributed by atoms with Crippen molar-refractivity contribution >= 4 is 15.8 Å². The van der Waals surface area contributed by atoms with Gasteiger partial charge < -0.3 is 10.4 Å². The first-order valence-electron chi connectivity index (χ1n) is 3.45. The fourth-order valence-corrected chi connectivity index (χ4v) is 1.10. The van der Waals surface area contributed by atoms with Crippen LogP contribution < -0.4 is 5.32 Å². The molecule has 0 aliphatic carbocycles. The summed E-state index contributed by atoms with van der Waals surface area (Å²) in [5, 5.41) is 11.4. The van der Waals surface area contributed by atoms with E-state index in [9.17, 15) is 8.42 Å². The van der Waals surface area contributed by atoms with Crippen LogP contribution in [0.25, 0.3) is 0 Å². The van der Waals surface area contributed by atoms with Gasteiger partial charge in [0.1, 0.15) is 11.6 Å². The average Bonchev–Trinajstić information content (AvgIpc) is 2.02. The van der Waals surface area contributed by atoms with Gasteiger partial charge in [-0.15, -0.1) is 0 Å². The van der Waals surface area contributed by atoms with Gasteiger partial charge in [-0.2, -0.15) is 8.42 Å². The first-order chi connectivity index (χ1) is 5.97. The van der Waals surface area contributed by atoms with Gasteiger partial charge in [0, 0.05) is 5.69 Å². The zero-order valence-corrected chi connectivity index (χ0v) is 7.45. The van der Waals surface area contributed by atoms with Crippen LogP contribution in [0.5, 0.6) is 5.75 Å². The van der Waals surface area contributed by atoms with Crippen molar-refractivity contribution in [2.24, 2.45) is 0 Å². The summed E-state index contributed by atoms with van der Waals surface area (Å²) >= 11 is 0. The molecule has 13 heavy (non-hydrogen) atoms. The zero-order valence-electron chi connectivity index (χ0n) is 6.64. The normalized spacial score (nSPS) is 11.2. The molecule has 0 saturated carbocycles. The molecule has 0 aliphatic heterocycles. The van der Waals surface area contributed by atoms with E-state index in [1.807, 2.05) is 0 Å². The Labute approximate surface area is 75.8 Å². The number of aromatic hydroxyl groups is 1. The number of anilines is 1. The molecule has 1 aromatic carbocycles. The minimum absolute atomic E-state index is 0.0948. The Morgan fingerprint density at radius 3 is 2.23 bits per heavy atom. The van der Waals surface area contributed by atoms with E-state index in [1.54, 1.807) is 0 Å². The first kappa shape index (κ1) is 9.82. The molecule has 3 N–H and O–H groups in total. The molecular formula is C7H9NO4S. The average molecular weight is 203 g/mol. The Hall–Kier alpha value is -1.27. The predicted octanol–water partition coefficient (Wildman–Crippen LogP) is 0.649. The number of phenolic OH excluding ortho intramolecular Hbond substituents is 1. The van der Waals surface area contributed by atoms with Gasteiger partial charge >= 0.3 is 0 Å². The zero-order chi connectivity index (χ0) is 9.90. The van der Waals surface area contributed by atoms with Gasteiger partial charge in [-0.3, -0.25) is 4.55 Å². The SMILES string of the molecule is O=S(=O)(O)CNc1ccc(O)cc1. The molecule has 0 heterocycles. The van der Waals surface area contributed by atoms with E-state index < -0.39 is 16.0 Å². The molecule has 0 atom stereocenters. The molecule has 0 amide bonds. The van der Waals surface area contributed by atoms with Gasteiger partial charge in [0.15, 0.2) is 0 Å². The fraction of sp³-hybridized carbons (Fsp3) is 0.143. The fourth-order valence-electron chi connectivity index (χ4n) is 0.754. The molecule has 0 spiro atoms. The van der Waals surface area contributed by atoms with Crippen molar-refractivity contribution in [1.82, 2.24) is 0 Å². The Kier molecular flexibility index (Phi) is 2.74. The van der Waals surface area contributed by atoms with E-state index in [-0.39, 0.29) is 5.75 Å². The van der Waals surface area contributed by atoms with Crippen molar-refractivity contribution in [3.8, 4) is 5.75 Å². The summed E-state index contributed by atoms with van der Waals surface area (Å²) in [6, 6.07) is 5.82. The second-order valence-corrected chi connectivity index (χ2v) is 3.90. The topological polar surface area (TPSA) is 86.6 Å². The number of rotatable bonds is 3. The van der Waals surface area contributed by atoms with Crippen LogP contribution >= 0.6 is 0 Å². The molecule has 72 valence electrons. The van der Waals surface area contributed by atoms with Gasteiger partial charge in [0.05, 0.1) is 0 Å². The highest BCUT2D eigenvalue weighted by molar-refractivity contribution is 7.85. The highest BCUT2D eigenvalue weighted by atomic mass is 32.2. The lowest BCUT2D eigenvalue weighted by molar-refractivity contribution is 0.475. The van der Waals surface area contributed by atoms with E-state index in [0.717, 1.165) is 0 Å². The molecule has 6 heteroatoms. The summed E-state index contributed by atoms with van der Waals surface area (Å²) in [5.74, 6) is -0.449. The number of hydrogen-bond acceptors (Lipinski definition) is 4. The van der Waals surface area contributed by atoms with Crippen LogP contribution in [0.3, 0.4) is 0 Å². The molecule has 0 aromatic heterocycles. The van der Waals surface area contributed by atoms with Gasteiger partial charge in [-0.05, 0) is 24.3 Å². The van der Waals surface area contributed by atoms with E-state index in [0.29, 0.717) is 5.69 Å². The van der Waals surface area contributed by atoms with E-state index in [4.69, 9.17) is 9.66 Å². The van der Waals surface area contributed by atoms with Crippen molar-refractivity contribution in [1.29, 1.82) is 0 Å². The Bertz CT molecular complexity index is 370. The molecule has 0 fully saturated rings. The number of phenols is 1. The second-order valence-electron chi connectivity index (χ2n) is 2.45. The number of nitrogens with one attached hydrogen (secondary N) is 1. The molecule has 0 unspecified atom stereocenters. The number of benzene rings is 1. The third-order valence-electron chi connectivity index (χ3n) is 1.33. The molecule has 1 rings (SSSR count). The molecule has 1 aromatic rings. The van der Waals surface area contributed by atoms with Crippen molar-refractivity contribution < 1.29 is 18.1 Å². The Morgan fingerprint density at radius 2 is 1.77 bits per heavy atom. The Balaban J connectivity index is 2.61. The van der Waals surface area contributed by atoms with Crippen LogP contribution in [-0.4, -0.2) is 24.0 Å². The molecular weight excluding hydrogens is 194 g/mol. The van der Waals surface area contributed by atoms with Crippen molar-refractivity contribution in [3.63, 3.8) is 0 Å². The maximum atomic E-state index is 10.3. The van der Waals surface area contributed by atoms with Gasteiger partial charge in [0.2, 0.25) is 0 Å². The maximum Gasteiger partial charge on any atom is 0.283 e. The van der Waals surface area contributed by atoms with Crippen LogP contribution in [0, 0.1) is 0 Å². The van der Waals surface area contributed by atoms with Crippen molar-refractivity contribution in [2.45, 2.75) is 0 Å². The van der Waals surface area contributed by atoms with Gasteiger partial charge in [-0.1, -0.05) is 0 Å². The van der Waals surface area contributed by atoms with E-state index in [2.05, 4.69) is 5.32 Å². The maximum absolute atomic E-state index is 10.3. The monoisotopic (exact) mass is 203 g/mol. The lowest BCUT2D eigenvalue weighted by Crippen LogP contribution is -2.12. The van der Waals surface area contributed by atoms with Gasteiger partial charge in [-0.25, -0.2) is 0 Å².